The first-order valence-electron chi connectivity index (χ1n) is 28.1. The Balaban J connectivity index is 0.774. The van der Waals surface area contributed by atoms with Crippen LogP contribution >= 0.6 is 0 Å². The van der Waals surface area contributed by atoms with E-state index < -0.39 is 63.6 Å². The number of hydrogen-bond acceptors (Lipinski definition) is 7. The lowest BCUT2D eigenvalue weighted by Crippen LogP contribution is -2.54. The van der Waals surface area contributed by atoms with Crippen molar-refractivity contribution in [3.8, 4) is 46.0 Å². The van der Waals surface area contributed by atoms with Gasteiger partial charge < -0.3 is 18.9 Å². The van der Waals surface area contributed by atoms with E-state index >= 15 is 52.7 Å². The average molecular weight is 1270 g/mol. The third kappa shape index (κ3) is 12.8. The summed E-state index contributed by atoms with van der Waals surface area (Å²) in [4.78, 5) is 39.8. The average Bonchev–Trinajstić information content (AvgIpc) is 0.725. The molecule has 0 amide bonds. The third-order valence-corrected chi connectivity index (χ3v) is 15.5. The molecule has 10 rings (SSSR count). The fourth-order valence-corrected chi connectivity index (χ4v) is 10.7. The summed E-state index contributed by atoms with van der Waals surface area (Å²) in [6.45, 7) is 7.28. The zero-order chi connectivity index (χ0) is 66.1. The second-order valence-corrected chi connectivity index (χ2v) is 21.7. The van der Waals surface area contributed by atoms with Gasteiger partial charge >= 0.3 is 24.7 Å². The number of carbonyl (C=O) groups excluding carboxylic acids is 3. The minimum Gasteiger partial charge on any atom is -0.457 e. The number of carbonyl (C=O) groups is 3. The minimum atomic E-state index is -5.91. The molecule has 0 unspecified atom stereocenters. The number of hydrogen-bond donors (Lipinski definition) is 0. The summed E-state index contributed by atoms with van der Waals surface area (Å²) in [7, 11) is 0. The van der Waals surface area contributed by atoms with Crippen LogP contribution in [-0.2, 0) is 10.8 Å². The monoisotopic (exact) mass is 1270 g/mol. The van der Waals surface area contributed by atoms with Gasteiger partial charge in [0.1, 0.15) is 46.0 Å². The normalized spacial score (nSPS) is 12.3. The van der Waals surface area contributed by atoms with Crippen molar-refractivity contribution in [3.63, 3.8) is 0 Å². The van der Waals surface area contributed by atoms with E-state index in [9.17, 15) is 14.4 Å². The van der Waals surface area contributed by atoms with Crippen molar-refractivity contribution < 1.29 is 86.0 Å². The Hall–Kier alpha value is -10.4. The standard InChI is InChI=1S/C73H50F12O7/c1-43-5-7-45(3)63(41-43)66(87)49-13-29-57(30-14-49)91-61-37-21-53(22-38-61)68(70(74,75)76,71(77,78)79)51-17-33-59(34-18-51)89-55-25-9-47(10-26-55)65(86)48-11-27-56(28-12-48)90-60-35-19-52(20-36-60)69(72(80,81)82,73(83,84)85)54-23-39-62(40-24-54)92-58-31-15-50(16-32-58)67(88)64-42-44(2)6-8-46(64)4/h5-42H,1-4H3. The number of alkyl halides is 12. The predicted octanol–water partition coefficient (Wildman–Crippen LogP) is 20.6. The zero-order valence-electron chi connectivity index (χ0n) is 48.8. The molecule has 0 bridgehead atoms. The van der Waals surface area contributed by atoms with Crippen LogP contribution in [0.25, 0.3) is 0 Å². The van der Waals surface area contributed by atoms with Crippen molar-refractivity contribution in [2.45, 2.75) is 63.2 Å². The lowest BCUT2D eigenvalue weighted by molar-refractivity contribution is -0.290. The molecular formula is C73H50F12O7. The Morgan fingerprint density at radius 1 is 0.250 bits per heavy atom. The molecule has 0 radical (unpaired) electrons. The van der Waals surface area contributed by atoms with Crippen molar-refractivity contribution in [3.05, 3.63) is 308 Å². The summed E-state index contributed by atoms with van der Waals surface area (Å²) in [5, 5.41) is 0. The van der Waals surface area contributed by atoms with E-state index in [1.54, 1.807) is 26.0 Å². The quantitative estimate of drug-likeness (QED) is 0.0625. The van der Waals surface area contributed by atoms with Crippen LogP contribution in [0.5, 0.6) is 46.0 Å². The lowest BCUT2D eigenvalue weighted by Gasteiger charge is -2.38. The van der Waals surface area contributed by atoms with Crippen LogP contribution in [0.2, 0.25) is 0 Å². The molecule has 0 N–H and O–H groups in total. The van der Waals surface area contributed by atoms with Gasteiger partial charge in [-0.25, -0.2) is 0 Å². The molecule has 92 heavy (non-hydrogen) atoms. The number of benzene rings is 10. The first-order valence-corrected chi connectivity index (χ1v) is 28.1. The molecular weight excluding hydrogens is 1220 g/mol. The van der Waals surface area contributed by atoms with Gasteiger partial charge in [-0.15, -0.1) is 0 Å². The van der Waals surface area contributed by atoms with E-state index in [1.165, 1.54) is 97.1 Å². The summed E-state index contributed by atoms with van der Waals surface area (Å²) >= 11 is 0. The number of aryl methyl sites for hydroxylation is 4. The smallest absolute Gasteiger partial charge is 0.411 e. The van der Waals surface area contributed by atoms with E-state index in [2.05, 4.69) is 0 Å². The topological polar surface area (TPSA) is 88.1 Å². The van der Waals surface area contributed by atoms with E-state index in [4.69, 9.17) is 18.9 Å². The molecule has 0 saturated carbocycles. The van der Waals surface area contributed by atoms with E-state index in [0.717, 1.165) is 70.8 Å². The molecule has 0 aromatic heterocycles. The van der Waals surface area contributed by atoms with Gasteiger partial charge in [0.05, 0.1) is 0 Å². The van der Waals surface area contributed by atoms with Crippen LogP contribution in [0.1, 0.15) is 92.3 Å². The maximum absolute atomic E-state index is 15.1. The highest BCUT2D eigenvalue weighted by atomic mass is 19.4. The molecule has 0 aliphatic rings. The van der Waals surface area contributed by atoms with Gasteiger partial charge in [0.25, 0.3) is 0 Å². The number of rotatable bonds is 18. The van der Waals surface area contributed by atoms with Gasteiger partial charge in [0, 0.05) is 33.4 Å². The van der Waals surface area contributed by atoms with Crippen LogP contribution in [0, 0.1) is 27.7 Å². The zero-order valence-corrected chi connectivity index (χ0v) is 48.8. The molecule has 0 atom stereocenters. The molecule has 0 aliphatic heterocycles. The minimum absolute atomic E-state index is 0.0501. The van der Waals surface area contributed by atoms with E-state index in [-0.39, 0.29) is 68.7 Å². The lowest BCUT2D eigenvalue weighted by atomic mass is 9.73. The Kier molecular flexibility index (Phi) is 17.6. The maximum Gasteiger partial charge on any atom is 0.411 e. The molecule has 10 aromatic rings. The molecule has 0 heterocycles. The SMILES string of the molecule is Cc1ccc(C)c(C(=O)c2ccc(Oc3ccc(C(c4ccc(Oc5ccc(C(=O)c6ccc(Oc7ccc(C(c8ccc(Oc9ccc(C(=O)c%10cc(C)ccc%10C)cc9)cc8)(C(F)(F)F)C(F)(F)F)cc7)cc6)cc5)cc4)(C(F)(F)F)C(F)(F)F)cc3)cc2)c1. The summed E-state index contributed by atoms with van der Waals surface area (Å²) in [6, 6.07) is 46.3. The summed E-state index contributed by atoms with van der Waals surface area (Å²) in [6.07, 6.45) is -23.6. The summed E-state index contributed by atoms with van der Waals surface area (Å²) in [5.41, 5.74) is -8.45. The largest absolute Gasteiger partial charge is 0.457 e. The molecule has 10 aromatic carbocycles. The highest BCUT2D eigenvalue weighted by Crippen LogP contribution is 2.58. The highest BCUT2D eigenvalue weighted by Gasteiger charge is 2.73. The Bertz CT molecular complexity index is 4000. The highest BCUT2D eigenvalue weighted by molar-refractivity contribution is 6.11. The molecule has 7 nitrogen and oxygen atoms in total. The first-order chi connectivity index (χ1) is 43.5. The van der Waals surface area contributed by atoms with Crippen LogP contribution in [-0.4, -0.2) is 42.1 Å². The van der Waals surface area contributed by atoms with Gasteiger partial charge in [-0.05, 0) is 219 Å². The van der Waals surface area contributed by atoms with Gasteiger partial charge in [-0.1, -0.05) is 83.9 Å². The molecule has 0 spiro atoms. The fourth-order valence-electron chi connectivity index (χ4n) is 10.7. The second-order valence-electron chi connectivity index (χ2n) is 21.7. The van der Waals surface area contributed by atoms with Crippen LogP contribution in [0.15, 0.2) is 231 Å². The van der Waals surface area contributed by atoms with Crippen molar-refractivity contribution in [1.82, 2.24) is 0 Å². The summed E-state index contributed by atoms with van der Waals surface area (Å²) < 4.78 is 204. The number of ether oxygens (including phenoxy) is 4. The molecule has 0 saturated heterocycles. The second kappa shape index (κ2) is 25.1. The van der Waals surface area contributed by atoms with Crippen LogP contribution in [0.3, 0.4) is 0 Å². The van der Waals surface area contributed by atoms with E-state index in [1.807, 2.05) is 38.1 Å². The maximum atomic E-state index is 15.1. The van der Waals surface area contributed by atoms with Gasteiger partial charge in [0.15, 0.2) is 17.3 Å². The van der Waals surface area contributed by atoms with Crippen molar-refractivity contribution >= 4 is 17.3 Å². The Morgan fingerprint density at radius 2 is 0.435 bits per heavy atom. The predicted molar refractivity (Wildman–Crippen MR) is 320 cm³/mol. The van der Waals surface area contributed by atoms with Crippen LogP contribution in [0.4, 0.5) is 52.7 Å². The number of halogens is 12. The van der Waals surface area contributed by atoms with Gasteiger partial charge in [0.2, 0.25) is 10.8 Å². The third-order valence-electron chi connectivity index (χ3n) is 15.5. The van der Waals surface area contributed by atoms with Crippen molar-refractivity contribution in [2.24, 2.45) is 0 Å². The Labute approximate surface area is 519 Å². The number of ketones is 3. The van der Waals surface area contributed by atoms with Crippen LogP contribution < -0.4 is 18.9 Å². The Morgan fingerprint density at radius 3 is 0.630 bits per heavy atom. The molecule has 19 heteroatoms. The van der Waals surface area contributed by atoms with Gasteiger partial charge in [-0.3, -0.25) is 14.4 Å². The van der Waals surface area contributed by atoms with Crippen molar-refractivity contribution in [1.29, 1.82) is 0 Å². The van der Waals surface area contributed by atoms with Crippen molar-refractivity contribution in [2.75, 3.05) is 0 Å². The van der Waals surface area contributed by atoms with E-state index in [0.29, 0.717) is 70.8 Å². The molecule has 468 valence electrons. The fraction of sp³-hybridized carbons (Fsp3) is 0.137. The van der Waals surface area contributed by atoms with Gasteiger partial charge in [-0.2, -0.15) is 52.7 Å². The molecule has 0 fully saturated rings. The summed E-state index contributed by atoms with van der Waals surface area (Å²) in [5.74, 6) is -1.06. The first kappa shape index (κ1) is 64.6. The molecule has 0 aliphatic carbocycles.